The summed E-state index contributed by atoms with van der Waals surface area (Å²) < 4.78 is 39.7. The number of carbonyl (C=O) groups excluding carboxylic acids is 2. The van der Waals surface area contributed by atoms with Crippen molar-refractivity contribution in [3.8, 4) is 11.5 Å². The maximum absolute atomic E-state index is 14.1. The maximum atomic E-state index is 14.1. The van der Waals surface area contributed by atoms with E-state index in [1.54, 1.807) is 55.5 Å². The Labute approximate surface area is 257 Å². The van der Waals surface area contributed by atoms with Gasteiger partial charge in [-0.05, 0) is 54.8 Å². The third kappa shape index (κ3) is 7.87. The Bertz CT molecular complexity index is 1490. The van der Waals surface area contributed by atoms with Crippen LogP contribution in [0.3, 0.4) is 0 Å². The highest BCUT2D eigenvalue weighted by Gasteiger charge is 2.34. The predicted molar refractivity (Wildman–Crippen MR) is 165 cm³/mol. The van der Waals surface area contributed by atoms with E-state index in [0.717, 1.165) is 4.31 Å². The van der Waals surface area contributed by atoms with Crippen LogP contribution in [0.15, 0.2) is 71.6 Å². The highest BCUT2D eigenvalue weighted by molar-refractivity contribution is 7.92. The number of carbonyl (C=O) groups is 2. The zero-order valence-electron chi connectivity index (χ0n) is 24.0. The predicted octanol–water partition coefficient (Wildman–Crippen LogP) is 5.54. The van der Waals surface area contributed by atoms with E-state index in [1.807, 2.05) is 6.92 Å². The van der Waals surface area contributed by atoms with Crippen molar-refractivity contribution < 1.29 is 27.5 Å². The number of hydrogen-bond acceptors (Lipinski definition) is 6. The average Bonchev–Trinajstić information content (AvgIpc) is 3.00. The Balaban J connectivity index is 2.07. The lowest BCUT2D eigenvalue weighted by molar-refractivity contribution is -0.140. The smallest absolute Gasteiger partial charge is 0.264 e. The first-order valence-electron chi connectivity index (χ1n) is 13.4. The Morgan fingerprint density at radius 1 is 0.905 bits per heavy atom. The molecule has 0 saturated heterocycles. The van der Waals surface area contributed by atoms with Gasteiger partial charge in [0.15, 0.2) is 11.5 Å². The van der Waals surface area contributed by atoms with Crippen molar-refractivity contribution >= 4 is 50.7 Å². The summed E-state index contributed by atoms with van der Waals surface area (Å²) in [6.07, 6.45) is 1.02. The van der Waals surface area contributed by atoms with Gasteiger partial charge in [0.1, 0.15) is 12.6 Å². The molecule has 0 saturated carbocycles. The minimum Gasteiger partial charge on any atom is -0.493 e. The molecule has 3 aromatic carbocycles. The molecule has 3 aromatic rings. The van der Waals surface area contributed by atoms with Gasteiger partial charge >= 0.3 is 0 Å². The van der Waals surface area contributed by atoms with Crippen LogP contribution in [0.2, 0.25) is 10.0 Å². The van der Waals surface area contributed by atoms with E-state index >= 15 is 0 Å². The number of hydrogen-bond donors (Lipinski definition) is 1. The zero-order chi connectivity index (χ0) is 30.9. The van der Waals surface area contributed by atoms with Gasteiger partial charge in [0.2, 0.25) is 11.8 Å². The Morgan fingerprint density at radius 2 is 1.60 bits per heavy atom. The fourth-order valence-corrected chi connectivity index (χ4v) is 6.10. The minimum atomic E-state index is -4.28. The van der Waals surface area contributed by atoms with Crippen LogP contribution in [-0.2, 0) is 26.2 Å². The van der Waals surface area contributed by atoms with Crippen LogP contribution in [-0.4, -0.2) is 58.5 Å². The van der Waals surface area contributed by atoms with Crippen LogP contribution in [0.1, 0.15) is 32.3 Å². The van der Waals surface area contributed by atoms with Crippen LogP contribution in [0, 0.1) is 0 Å². The third-order valence-electron chi connectivity index (χ3n) is 6.54. The number of rotatable bonds is 14. The molecule has 0 bridgehead atoms. The molecule has 0 radical (unpaired) electrons. The molecule has 12 heteroatoms. The molecule has 0 aliphatic carbocycles. The number of halogens is 2. The molecule has 226 valence electrons. The van der Waals surface area contributed by atoms with Gasteiger partial charge in [-0.1, -0.05) is 61.3 Å². The lowest BCUT2D eigenvalue weighted by atomic mass is 10.1. The first kappa shape index (κ1) is 33.0. The lowest BCUT2D eigenvalue weighted by Gasteiger charge is -2.33. The summed E-state index contributed by atoms with van der Waals surface area (Å²) in [6.45, 7) is 3.59. The summed E-state index contributed by atoms with van der Waals surface area (Å²) in [6, 6.07) is 16.6. The number of benzene rings is 3. The van der Waals surface area contributed by atoms with E-state index in [-0.39, 0.29) is 28.8 Å². The second-order valence-corrected chi connectivity index (χ2v) is 12.0. The highest BCUT2D eigenvalue weighted by atomic mass is 35.5. The van der Waals surface area contributed by atoms with Crippen LogP contribution < -0.4 is 19.1 Å². The van der Waals surface area contributed by atoms with Crippen molar-refractivity contribution in [1.82, 2.24) is 10.2 Å². The van der Waals surface area contributed by atoms with Gasteiger partial charge in [0.05, 0.1) is 34.8 Å². The van der Waals surface area contributed by atoms with E-state index in [4.69, 9.17) is 32.7 Å². The Hall–Kier alpha value is -3.47. The third-order valence-corrected chi connectivity index (χ3v) is 9.05. The van der Waals surface area contributed by atoms with Crippen molar-refractivity contribution in [3.63, 3.8) is 0 Å². The van der Waals surface area contributed by atoms with E-state index in [1.165, 1.54) is 37.3 Å². The molecule has 0 fully saturated rings. The molecule has 9 nitrogen and oxygen atoms in total. The molecular weight excluding hydrogens is 601 g/mol. The second kappa shape index (κ2) is 15.1. The summed E-state index contributed by atoms with van der Waals surface area (Å²) in [5, 5.41) is 3.50. The zero-order valence-corrected chi connectivity index (χ0v) is 26.3. The topological polar surface area (TPSA) is 105 Å². The molecule has 3 rings (SSSR count). The number of amides is 2. The fraction of sp³-hybridized carbons (Fsp3) is 0.333. The van der Waals surface area contributed by atoms with Crippen LogP contribution >= 0.6 is 23.2 Å². The van der Waals surface area contributed by atoms with E-state index in [2.05, 4.69) is 5.32 Å². The van der Waals surface area contributed by atoms with Gasteiger partial charge in [-0.3, -0.25) is 13.9 Å². The summed E-state index contributed by atoms with van der Waals surface area (Å²) >= 11 is 12.3. The molecule has 0 heterocycles. The quantitative estimate of drug-likeness (QED) is 0.249. The number of para-hydroxylation sites is 1. The number of methoxy groups -OCH3 is 2. The lowest BCUT2D eigenvalue weighted by Crippen LogP contribution is -2.52. The van der Waals surface area contributed by atoms with Crippen LogP contribution in [0.5, 0.6) is 11.5 Å². The minimum absolute atomic E-state index is 0.00676. The molecule has 1 N–H and O–H groups in total. The van der Waals surface area contributed by atoms with Crippen molar-refractivity contribution in [2.45, 2.75) is 44.2 Å². The number of sulfonamides is 1. The normalized spacial score (nSPS) is 11.9. The molecule has 2 amide bonds. The van der Waals surface area contributed by atoms with Gasteiger partial charge in [-0.15, -0.1) is 0 Å². The average molecular weight is 637 g/mol. The van der Waals surface area contributed by atoms with Gasteiger partial charge in [0, 0.05) is 19.2 Å². The molecule has 0 unspecified atom stereocenters. The maximum Gasteiger partial charge on any atom is 0.264 e. The van der Waals surface area contributed by atoms with Crippen molar-refractivity contribution in [1.29, 1.82) is 0 Å². The molecule has 0 aliphatic rings. The Morgan fingerprint density at radius 3 is 2.19 bits per heavy atom. The van der Waals surface area contributed by atoms with E-state index in [9.17, 15) is 18.0 Å². The fourth-order valence-electron chi connectivity index (χ4n) is 4.35. The molecule has 1 atom stereocenters. The highest BCUT2D eigenvalue weighted by Crippen LogP contribution is 2.32. The first-order chi connectivity index (χ1) is 20.1. The van der Waals surface area contributed by atoms with Crippen molar-refractivity contribution in [2.24, 2.45) is 0 Å². The van der Waals surface area contributed by atoms with Gasteiger partial charge in [-0.2, -0.15) is 0 Å². The van der Waals surface area contributed by atoms with E-state index in [0.29, 0.717) is 40.7 Å². The summed E-state index contributed by atoms with van der Waals surface area (Å²) in [5.41, 5.74) is 0.909. The number of nitrogens with one attached hydrogen (secondary N) is 1. The van der Waals surface area contributed by atoms with Gasteiger partial charge in [-0.25, -0.2) is 8.42 Å². The monoisotopic (exact) mass is 635 g/mol. The molecule has 0 spiro atoms. The first-order valence-corrected chi connectivity index (χ1v) is 15.6. The van der Waals surface area contributed by atoms with Crippen LogP contribution in [0.4, 0.5) is 5.69 Å². The molecular formula is C30H35Cl2N3O6S. The second-order valence-electron chi connectivity index (χ2n) is 9.35. The van der Waals surface area contributed by atoms with E-state index < -0.39 is 28.5 Å². The molecule has 0 aromatic heterocycles. The summed E-state index contributed by atoms with van der Waals surface area (Å²) in [7, 11) is -1.43. The van der Waals surface area contributed by atoms with Crippen molar-refractivity contribution in [3.05, 3.63) is 82.3 Å². The number of nitrogens with zero attached hydrogens (tertiary/aromatic N) is 2. The summed E-state index contributed by atoms with van der Waals surface area (Å²) in [4.78, 5) is 28.6. The standard InChI is InChI=1S/C30H35Cl2N3O6S/c1-5-16-33-30(37)26(6-2)34(19-21-12-14-24(31)25(32)17-21)29(36)20-35(22-10-8-7-9-11-22)42(38,39)23-13-15-27(40-3)28(18-23)41-4/h7-15,17-18,26H,5-6,16,19-20H2,1-4H3,(H,33,37)/t26-/m0/s1. The Kier molecular flexibility index (Phi) is 11.9. The number of anilines is 1. The summed E-state index contributed by atoms with van der Waals surface area (Å²) in [5.74, 6) is -0.331. The number of ether oxygens (including phenoxy) is 2. The largest absolute Gasteiger partial charge is 0.493 e. The molecule has 0 aliphatic heterocycles. The van der Waals surface area contributed by atoms with Gasteiger partial charge < -0.3 is 19.7 Å². The van der Waals surface area contributed by atoms with Gasteiger partial charge in [0.25, 0.3) is 10.0 Å². The SMILES string of the molecule is CCCNC(=O)[C@H](CC)N(Cc1ccc(Cl)c(Cl)c1)C(=O)CN(c1ccccc1)S(=O)(=O)c1ccc(OC)c(OC)c1. The van der Waals surface area contributed by atoms with Crippen LogP contribution in [0.25, 0.3) is 0 Å². The van der Waals surface area contributed by atoms with Crippen molar-refractivity contribution in [2.75, 3.05) is 31.6 Å². The molecule has 42 heavy (non-hydrogen) atoms.